The van der Waals surface area contributed by atoms with Crippen molar-refractivity contribution >= 4 is 22.6 Å². The summed E-state index contributed by atoms with van der Waals surface area (Å²) in [5, 5.41) is 9.06. The Balaban J connectivity index is 0.000000190. The Morgan fingerprint density at radius 2 is 1.62 bits per heavy atom. The minimum absolute atomic E-state index is 0.0642. The number of carboxylic acids is 1. The molecule has 0 radical (unpaired) electrons. The highest BCUT2D eigenvalue weighted by atomic mass is 16.5. The van der Waals surface area contributed by atoms with Crippen LogP contribution in [0.15, 0.2) is 46.0 Å². The third-order valence-corrected chi connectivity index (χ3v) is 3.47. The van der Waals surface area contributed by atoms with Crippen LogP contribution in [-0.2, 0) is 0 Å². The van der Waals surface area contributed by atoms with Crippen molar-refractivity contribution in [3.63, 3.8) is 0 Å². The molecule has 1 heterocycles. The lowest BCUT2D eigenvalue weighted by molar-refractivity contribution is 0.0697. The van der Waals surface area contributed by atoms with Gasteiger partial charge in [0.15, 0.2) is 0 Å². The van der Waals surface area contributed by atoms with E-state index >= 15 is 0 Å². The largest absolute Gasteiger partial charge is 0.495 e. The SMILES string of the molecule is COc1cccc(C(=O)O)c1N.COc1cccc2c(=O)[nH]c(=O)[nH]c12. The summed E-state index contributed by atoms with van der Waals surface area (Å²) >= 11 is 0. The normalized spacial score (nSPS) is 9.92. The first kappa shape index (κ1) is 18.6. The number of H-pyrrole nitrogens is 2. The maximum Gasteiger partial charge on any atom is 0.337 e. The van der Waals surface area contributed by atoms with E-state index in [1.807, 2.05) is 0 Å². The molecule has 1 aromatic heterocycles. The molecule has 0 aliphatic rings. The Hall–Kier alpha value is -3.75. The van der Waals surface area contributed by atoms with Crippen molar-refractivity contribution in [1.82, 2.24) is 9.97 Å². The summed E-state index contributed by atoms with van der Waals surface area (Å²) in [5.41, 5.74) is 5.18. The van der Waals surface area contributed by atoms with Gasteiger partial charge in [-0.05, 0) is 24.3 Å². The first-order chi connectivity index (χ1) is 12.4. The third kappa shape index (κ3) is 3.83. The lowest BCUT2D eigenvalue weighted by Crippen LogP contribution is -2.21. The van der Waals surface area contributed by atoms with E-state index in [1.54, 1.807) is 30.3 Å². The summed E-state index contributed by atoms with van der Waals surface area (Å²) in [6, 6.07) is 9.61. The molecule has 9 nitrogen and oxygen atoms in total. The first-order valence-corrected chi connectivity index (χ1v) is 7.34. The minimum atomic E-state index is -1.05. The van der Waals surface area contributed by atoms with Crippen molar-refractivity contribution in [1.29, 1.82) is 0 Å². The molecule has 0 aliphatic heterocycles. The summed E-state index contributed by atoms with van der Waals surface area (Å²) in [6.07, 6.45) is 0. The molecule has 5 N–H and O–H groups in total. The number of aromatic nitrogens is 2. The summed E-state index contributed by atoms with van der Waals surface area (Å²) < 4.78 is 9.86. The van der Waals surface area contributed by atoms with Gasteiger partial charge in [0, 0.05) is 0 Å². The quantitative estimate of drug-likeness (QED) is 0.514. The molecule has 0 bridgehead atoms. The zero-order chi connectivity index (χ0) is 19.3. The number of para-hydroxylation sites is 2. The third-order valence-electron chi connectivity index (χ3n) is 3.47. The number of anilines is 1. The second-order valence-corrected chi connectivity index (χ2v) is 5.02. The number of nitrogen functional groups attached to an aromatic ring is 1. The molecule has 2 aromatic carbocycles. The zero-order valence-electron chi connectivity index (χ0n) is 14.0. The van der Waals surface area contributed by atoms with Crippen LogP contribution in [0.5, 0.6) is 11.5 Å². The first-order valence-electron chi connectivity index (χ1n) is 7.34. The molecule has 3 rings (SSSR count). The topological polar surface area (TPSA) is 147 Å². The standard InChI is InChI=1S/C9H8N2O3.C8H9NO3/c1-14-6-4-2-3-5-7(6)10-9(13)11-8(5)12;1-12-6-4-2-3-5(7(6)9)8(10)11/h2-4H,1H3,(H2,10,11,12,13);2-4H,9H2,1H3,(H,10,11). The molecule has 0 aliphatic carbocycles. The second kappa shape index (κ2) is 7.88. The van der Waals surface area contributed by atoms with Gasteiger partial charge in [0.2, 0.25) is 0 Å². The molecule has 0 amide bonds. The van der Waals surface area contributed by atoms with Gasteiger partial charge < -0.3 is 25.3 Å². The van der Waals surface area contributed by atoms with Gasteiger partial charge in [-0.15, -0.1) is 0 Å². The fourth-order valence-corrected chi connectivity index (χ4v) is 2.24. The molecule has 0 spiro atoms. The van der Waals surface area contributed by atoms with E-state index in [2.05, 4.69) is 9.97 Å². The summed E-state index contributed by atoms with van der Waals surface area (Å²) in [6.45, 7) is 0. The van der Waals surface area contributed by atoms with Gasteiger partial charge >= 0.3 is 11.7 Å². The van der Waals surface area contributed by atoms with Gasteiger partial charge in [-0.2, -0.15) is 0 Å². The van der Waals surface area contributed by atoms with Gasteiger partial charge in [0.05, 0.1) is 36.4 Å². The predicted octanol–water partition coefficient (Wildman–Crippen LogP) is 1.20. The van der Waals surface area contributed by atoms with Gasteiger partial charge in [0.1, 0.15) is 11.5 Å². The lowest BCUT2D eigenvalue weighted by atomic mass is 10.2. The number of nitrogens with two attached hydrogens (primary N) is 1. The van der Waals surface area contributed by atoms with E-state index < -0.39 is 17.2 Å². The number of aromatic carboxylic acids is 1. The molecular weight excluding hydrogens is 342 g/mol. The number of aromatic amines is 2. The van der Waals surface area contributed by atoms with Crippen LogP contribution in [0.2, 0.25) is 0 Å². The monoisotopic (exact) mass is 359 g/mol. The van der Waals surface area contributed by atoms with Crippen LogP contribution < -0.4 is 26.5 Å². The van der Waals surface area contributed by atoms with Crippen LogP contribution in [0.3, 0.4) is 0 Å². The van der Waals surface area contributed by atoms with Gasteiger partial charge in [-0.3, -0.25) is 9.78 Å². The molecule has 0 unspecified atom stereocenters. The van der Waals surface area contributed by atoms with E-state index in [9.17, 15) is 14.4 Å². The highest BCUT2D eigenvalue weighted by Crippen LogP contribution is 2.24. The second-order valence-electron chi connectivity index (χ2n) is 5.02. The van der Waals surface area contributed by atoms with E-state index in [0.717, 1.165) is 0 Å². The van der Waals surface area contributed by atoms with Crippen LogP contribution >= 0.6 is 0 Å². The van der Waals surface area contributed by atoms with Crippen molar-refractivity contribution in [2.24, 2.45) is 0 Å². The number of methoxy groups -OCH3 is 2. The van der Waals surface area contributed by atoms with Crippen LogP contribution in [0, 0.1) is 0 Å². The van der Waals surface area contributed by atoms with Crippen LogP contribution in [0.1, 0.15) is 10.4 Å². The Kier molecular flexibility index (Phi) is 5.63. The number of hydrogen-bond donors (Lipinski definition) is 4. The maximum absolute atomic E-state index is 11.3. The predicted molar refractivity (Wildman–Crippen MR) is 96.1 cm³/mol. The maximum atomic E-state index is 11.3. The highest BCUT2D eigenvalue weighted by molar-refractivity contribution is 5.95. The molecule has 0 saturated carbocycles. The number of hydrogen-bond acceptors (Lipinski definition) is 6. The molecule has 0 atom stereocenters. The Morgan fingerprint density at radius 3 is 2.23 bits per heavy atom. The van der Waals surface area contributed by atoms with Gasteiger partial charge in [-0.1, -0.05) is 12.1 Å². The van der Waals surface area contributed by atoms with Crippen molar-refractivity contribution in [2.75, 3.05) is 20.0 Å². The number of benzene rings is 2. The van der Waals surface area contributed by atoms with Crippen molar-refractivity contribution < 1.29 is 19.4 Å². The van der Waals surface area contributed by atoms with E-state index in [1.165, 1.54) is 20.3 Å². The number of nitrogens with one attached hydrogen (secondary N) is 2. The number of ether oxygens (including phenoxy) is 2. The fraction of sp³-hybridized carbons (Fsp3) is 0.118. The highest BCUT2D eigenvalue weighted by Gasteiger charge is 2.10. The van der Waals surface area contributed by atoms with E-state index in [0.29, 0.717) is 22.4 Å². The molecule has 26 heavy (non-hydrogen) atoms. The van der Waals surface area contributed by atoms with E-state index in [-0.39, 0.29) is 11.3 Å². The molecule has 0 fully saturated rings. The number of rotatable bonds is 3. The summed E-state index contributed by atoms with van der Waals surface area (Å²) in [4.78, 5) is 37.6. The molecule has 0 saturated heterocycles. The Bertz CT molecular complexity index is 1050. The van der Waals surface area contributed by atoms with Crippen LogP contribution in [-0.4, -0.2) is 35.3 Å². The van der Waals surface area contributed by atoms with Crippen molar-refractivity contribution in [3.05, 3.63) is 62.8 Å². The number of carbonyl (C=O) groups is 1. The average Bonchev–Trinajstić information content (AvgIpc) is 2.61. The van der Waals surface area contributed by atoms with Gasteiger partial charge in [-0.25, -0.2) is 9.59 Å². The number of carboxylic acid groups (broad SMARTS) is 1. The van der Waals surface area contributed by atoms with Crippen molar-refractivity contribution in [3.8, 4) is 11.5 Å². The van der Waals surface area contributed by atoms with Gasteiger partial charge in [0.25, 0.3) is 5.56 Å². The molecule has 3 aromatic rings. The average molecular weight is 359 g/mol. The van der Waals surface area contributed by atoms with Crippen LogP contribution in [0.4, 0.5) is 5.69 Å². The number of fused-ring (bicyclic) bond motifs is 1. The van der Waals surface area contributed by atoms with Crippen molar-refractivity contribution in [2.45, 2.75) is 0 Å². The van der Waals surface area contributed by atoms with E-state index in [4.69, 9.17) is 20.3 Å². The lowest BCUT2D eigenvalue weighted by Gasteiger charge is -2.05. The Morgan fingerprint density at radius 1 is 1.00 bits per heavy atom. The molecule has 136 valence electrons. The van der Waals surface area contributed by atoms with Crippen LogP contribution in [0.25, 0.3) is 10.9 Å². The zero-order valence-corrected chi connectivity index (χ0v) is 14.0. The summed E-state index contributed by atoms with van der Waals surface area (Å²) in [7, 11) is 2.92. The summed E-state index contributed by atoms with van der Waals surface area (Å²) in [5.74, 6) is -0.188. The smallest absolute Gasteiger partial charge is 0.337 e. The Labute approximate surface area is 147 Å². The molecule has 9 heteroatoms. The fourth-order valence-electron chi connectivity index (χ4n) is 2.24. The minimum Gasteiger partial charge on any atom is -0.495 e. The molecular formula is C17H17N3O6.